The molecule has 0 spiro atoms. The predicted octanol–water partition coefficient (Wildman–Crippen LogP) is 3.03. The first kappa shape index (κ1) is 15.2. The number of methoxy groups -OCH3 is 1. The zero-order valence-electron chi connectivity index (χ0n) is 11.6. The van der Waals surface area contributed by atoms with Crippen molar-refractivity contribution < 1.29 is 14.3 Å². The number of ether oxygens (including phenoxy) is 2. The number of nitrogens with one attached hydrogen (secondary N) is 1. The molecule has 1 aromatic carbocycles. The smallest absolute Gasteiger partial charge is 0.224 e. The van der Waals surface area contributed by atoms with Crippen molar-refractivity contribution in [3.8, 4) is 11.6 Å². The van der Waals surface area contributed by atoms with Crippen molar-refractivity contribution in [3.05, 3.63) is 41.3 Å². The molecule has 0 bridgehead atoms. The number of carbonyl (C=O) groups is 1. The third kappa shape index (κ3) is 4.40. The Balaban J connectivity index is 2.27. The number of aromatic nitrogens is 2. The maximum absolute atomic E-state index is 11.2. The summed E-state index contributed by atoms with van der Waals surface area (Å²) in [5.74, 6) is 0.967. The Hall–Kier alpha value is -2.18. The fourth-order valence-corrected chi connectivity index (χ4v) is 1.84. The molecule has 0 aliphatic heterocycles. The molecule has 110 valence electrons. The maximum Gasteiger partial charge on any atom is 0.224 e. The van der Waals surface area contributed by atoms with E-state index in [1.807, 2.05) is 0 Å². The Morgan fingerprint density at radius 1 is 1.33 bits per heavy atom. The van der Waals surface area contributed by atoms with E-state index in [2.05, 4.69) is 15.3 Å². The van der Waals surface area contributed by atoms with Gasteiger partial charge in [0.1, 0.15) is 11.8 Å². The lowest BCUT2D eigenvalue weighted by Crippen LogP contribution is -2.07. The number of para-hydroxylation sites is 2. The Labute approximate surface area is 127 Å². The first-order valence-electron chi connectivity index (χ1n) is 6.15. The molecule has 6 nitrogen and oxygen atoms in total. The molecule has 0 saturated carbocycles. The van der Waals surface area contributed by atoms with E-state index in [1.165, 1.54) is 20.1 Å². The number of rotatable bonds is 5. The van der Waals surface area contributed by atoms with Gasteiger partial charge in [-0.2, -0.15) is 4.98 Å². The van der Waals surface area contributed by atoms with Crippen LogP contribution in [0.4, 0.5) is 5.69 Å². The van der Waals surface area contributed by atoms with Gasteiger partial charge in [0.2, 0.25) is 11.8 Å². The van der Waals surface area contributed by atoms with Gasteiger partial charge in [0.15, 0.2) is 11.6 Å². The lowest BCUT2D eigenvalue weighted by Gasteiger charge is -2.11. The van der Waals surface area contributed by atoms with Gasteiger partial charge in [0.05, 0.1) is 5.69 Å². The number of hydrogen-bond donors (Lipinski definition) is 1. The van der Waals surface area contributed by atoms with Gasteiger partial charge in [0, 0.05) is 20.1 Å². The molecule has 0 aliphatic rings. The van der Waals surface area contributed by atoms with Crippen molar-refractivity contribution in [1.82, 2.24) is 9.97 Å². The molecule has 0 saturated heterocycles. The van der Waals surface area contributed by atoms with Crippen LogP contribution < -0.4 is 10.1 Å². The van der Waals surface area contributed by atoms with Gasteiger partial charge in [-0.05, 0) is 12.1 Å². The Bertz CT molecular complexity index is 649. The largest absolute Gasteiger partial charge is 0.437 e. The van der Waals surface area contributed by atoms with E-state index in [9.17, 15) is 4.79 Å². The molecule has 2 rings (SSSR count). The third-order valence-corrected chi connectivity index (χ3v) is 2.60. The molecule has 7 heteroatoms. The molecular weight excluding hydrogens is 294 g/mol. The highest BCUT2D eigenvalue weighted by atomic mass is 35.5. The Morgan fingerprint density at radius 3 is 2.81 bits per heavy atom. The monoisotopic (exact) mass is 307 g/mol. The van der Waals surface area contributed by atoms with Crippen molar-refractivity contribution in [2.75, 3.05) is 12.4 Å². The van der Waals surface area contributed by atoms with Crippen LogP contribution in [0.2, 0.25) is 5.15 Å². The second-order valence-corrected chi connectivity index (χ2v) is 4.54. The van der Waals surface area contributed by atoms with Gasteiger partial charge < -0.3 is 14.8 Å². The van der Waals surface area contributed by atoms with E-state index < -0.39 is 0 Å². The zero-order valence-corrected chi connectivity index (χ0v) is 12.3. The molecular formula is C14H14ClN3O3. The minimum absolute atomic E-state index is 0.188. The van der Waals surface area contributed by atoms with Crippen molar-refractivity contribution in [2.45, 2.75) is 13.5 Å². The minimum Gasteiger partial charge on any atom is -0.437 e. The summed E-state index contributed by atoms with van der Waals surface area (Å²) >= 11 is 5.92. The number of anilines is 1. The van der Waals surface area contributed by atoms with E-state index in [0.29, 0.717) is 17.3 Å². The van der Waals surface area contributed by atoms with Crippen molar-refractivity contribution in [1.29, 1.82) is 0 Å². The van der Waals surface area contributed by atoms with E-state index in [-0.39, 0.29) is 23.5 Å². The molecule has 1 heterocycles. The van der Waals surface area contributed by atoms with Gasteiger partial charge in [0.25, 0.3) is 0 Å². The molecule has 0 radical (unpaired) electrons. The quantitative estimate of drug-likeness (QED) is 0.860. The minimum atomic E-state index is -0.188. The first-order chi connectivity index (χ1) is 10.1. The highest BCUT2D eigenvalue weighted by molar-refractivity contribution is 6.29. The zero-order chi connectivity index (χ0) is 15.2. The van der Waals surface area contributed by atoms with Crippen LogP contribution in [-0.2, 0) is 16.1 Å². The summed E-state index contributed by atoms with van der Waals surface area (Å²) in [6, 6.07) is 8.53. The number of amides is 1. The number of hydrogen-bond acceptors (Lipinski definition) is 5. The molecule has 0 aliphatic carbocycles. The van der Waals surface area contributed by atoms with Crippen LogP contribution in [0.5, 0.6) is 11.6 Å². The molecule has 0 fully saturated rings. The number of nitrogens with zero attached hydrogens (tertiary/aromatic N) is 2. The van der Waals surface area contributed by atoms with Crippen LogP contribution in [0, 0.1) is 0 Å². The van der Waals surface area contributed by atoms with Gasteiger partial charge >= 0.3 is 0 Å². The topological polar surface area (TPSA) is 73.3 Å². The highest BCUT2D eigenvalue weighted by Gasteiger charge is 2.09. The van der Waals surface area contributed by atoms with E-state index in [0.717, 1.165) is 0 Å². The summed E-state index contributed by atoms with van der Waals surface area (Å²) in [5, 5.41) is 2.94. The van der Waals surface area contributed by atoms with Crippen molar-refractivity contribution >= 4 is 23.2 Å². The maximum atomic E-state index is 11.2. The van der Waals surface area contributed by atoms with Gasteiger partial charge in [-0.15, -0.1) is 0 Å². The van der Waals surface area contributed by atoms with Crippen LogP contribution >= 0.6 is 11.6 Å². The van der Waals surface area contributed by atoms with Crippen LogP contribution in [0.15, 0.2) is 30.3 Å². The number of carbonyl (C=O) groups excluding carboxylic acids is 1. The Kier molecular flexibility index (Phi) is 5.08. The lowest BCUT2D eigenvalue weighted by molar-refractivity contribution is -0.114. The van der Waals surface area contributed by atoms with Gasteiger partial charge in [-0.25, -0.2) is 4.98 Å². The fourth-order valence-electron chi connectivity index (χ4n) is 1.65. The molecule has 1 amide bonds. The standard InChI is InChI=1S/C14H14ClN3O3/c1-9(19)16-10-5-3-4-6-11(10)21-14-7-12(15)17-13(18-14)8-20-2/h3-7H,8H2,1-2H3,(H,16,19). The number of halogens is 1. The van der Waals surface area contributed by atoms with E-state index >= 15 is 0 Å². The fraction of sp³-hybridized carbons (Fsp3) is 0.214. The summed E-state index contributed by atoms with van der Waals surface area (Å²) in [7, 11) is 1.54. The summed E-state index contributed by atoms with van der Waals surface area (Å²) in [6.45, 7) is 1.65. The van der Waals surface area contributed by atoms with E-state index in [4.69, 9.17) is 21.1 Å². The SMILES string of the molecule is COCc1nc(Cl)cc(Oc2ccccc2NC(C)=O)n1. The molecule has 1 aromatic heterocycles. The van der Waals surface area contributed by atoms with Crippen LogP contribution in [-0.4, -0.2) is 23.0 Å². The molecule has 21 heavy (non-hydrogen) atoms. The third-order valence-electron chi connectivity index (χ3n) is 2.40. The predicted molar refractivity (Wildman–Crippen MR) is 78.6 cm³/mol. The van der Waals surface area contributed by atoms with Crippen LogP contribution in [0.25, 0.3) is 0 Å². The Morgan fingerprint density at radius 2 is 2.10 bits per heavy atom. The van der Waals surface area contributed by atoms with Crippen LogP contribution in [0.1, 0.15) is 12.7 Å². The average molecular weight is 308 g/mol. The van der Waals surface area contributed by atoms with Crippen molar-refractivity contribution in [2.24, 2.45) is 0 Å². The summed E-state index contributed by atoms with van der Waals surface area (Å²) < 4.78 is 10.6. The molecule has 0 atom stereocenters. The summed E-state index contributed by atoms with van der Waals surface area (Å²) in [4.78, 5) is 19.4. The van der Waals surface area contributed by atoms with Gasteiger partial charge in [-0.3, -0.25) is 4.79 Å². The number of benzene rings is 1. The van der Waals surface area contributed by atoms with E-state index in [1.54, 1.807) is 24.3 Å². The highest BCUT2D eigenvalue weighted by Crippen LogP contribution is 2.29. The average Bonchev–Trinajstić information content (AvgIpc) is 2.40. The second-order valence-electron chi connectivity index (χ2n) is 4.16. The molecule has 2 aromatic rings. The second kappa shape index (κ2) is 7.01. The lowest BCUT2D eigenvalue weighted by atomic mass is 10.3. The van der Waals surface area contributed by atoms with Crippen molar-refractivity contribution in [3.63, 3.8) is 0 Å². The summed E-state index contributed by atoms with van der Waals surface area (Å²) in [5.41, 5.74) is 0.549. The summed E-state index contributed by atoms with van der Waals surface area (Å²) in [6.07, 6.45) is 0. The molecule has 0 unspecified atom stereocenters. The molecule has 1 N–H and O–H groups in total. The normalized spacial score (nSPS) is 10.2. The van der Waals surface area contributed by atoms with Gasteiger partial charge in [-0.1, -0.05) is 23.7 Å². The van der Waals surface area contributed by atoms with Crippen LogP contribution in [0.3, 0.4) is 0 Å². The first-order valence-corrected chi connectivity index (χ1v) is 6.53.